The van der Waals surface area contributed by atoms with Crippen molar-refractivity contribution >= 4 is 31.5 Å². The predicted octanol–water partition coefficient (Wildman–Crippen LogP) is 2.61. The molecule has 2 N–H and O–H groups in total. The van der Waals surface area contributed by atoms with Gasteiger partial charge in [-0.25, -0.2) is 8.42 Å². The summed E-state index contributed by atoms with van der Waals surface area (Å²) >= 11 is 3.24. The summed E-state index contributed by atoms with van der Waals surface area (Å²) in [5, 5.41) is 0. The molecule has 1 aromatic rings. The summed E-state index contributed by atoms with van der Waals surface area (Å²) in [5.41, 5.74) is 5.96. The first-order valence-electron chi connectivity index (χ1n) is 4.75. The molecule has 3 nitrogen and oxygen atoms in total. The molecule has 5 heteroatoms. The topological polar surface area (TPSA) is 60.2 Å². The molecule has 0 aromatic heterocycles. The lowest BCUT2D eigenvalue weighted by Crippen LogP contribution is -2.09. The average molecular weight is 292 g/mol. The Kier molecular flexibility index (Phi) is 4.16. The van der Waals surface area contributed by atoms with Gasteiger partial charge in [0.1, 0.15) is 0 Å². The maximum absolute atomic E-state index is 11.9. The highest BCUT2D eigenvalue weighted by atomic mass is 79.9. The molecule has 0 aliphatic rings. The lowest BCUT2D eigenvalue weighted by molar-refractivity contribution is 0.593. The maximum Gasteiger partial charge on any atom is 0.180 e. The van der Waals surface area contributed by atoms with Gasteiger partial charge in [0.05, 0.1) is 16.3 Å². The fraction of sp³-hybridized carbons (Fsp3) is 0.400. The second kappa shape index (κ2) is 4.99. The summed E-state index contributed by atoms with van der Waals surface area (Å²) in [7, 11) is -3.23. The van der Waals surface area contributed by atoms with Crippen LogP contribution in [0, 0.1) is 0 Å². The van der Waals surface area contributed by atoms with E-state index in [9.17, 15) is 8.42 Å². The van der Waals surface area contributed by atoms with Gasteiger partial charge >= 0.3 is 0 Å². The highest BCUT2D eigenvalue weighted by molar-refractivity contribution is 9.10. The summed E-state index contributed by atoms with van der Waals surface area (Å²) in [6.07, 6.45) is 1.52. The molecule has 0 aliphatic carbocycles. The van der Waals surface area contributed by atoms with Gasteiger partial charge in [-0.05, 0) is 24.6 Å². The average Bonchev–Trinajstić information content (AvgIpc) is 2.18. The Hall–Kier alpha value is -0.550. The standard InChI is InChI=1S/C10H14BrNO2S/c1-2-3-6-15(13,14)10-7-8(11)4-5-9(10)12/h4-5,7H,2-3,6,12H2,1H3. The molecule has 84 valence electrons. The van der Waals surface area contributed by atoms with Crippen molar-refractivity contribution in [3.63, 3.8) is 0 Å². The van der Waals surface area contributed by atoms with Crippen LogP contribution in [-0.4, -0.2) is 14.2 Å². The normalized spacial score (nSPS) is 11.6. The van der Waals surface area contributed by atoms with Crippen LogP contribution in [0.3, 0.4) is 0 Å². The SMILES string of the molecule is CCCCS(=O)(=O)c1cc(Br)ccc1N. The lowest BCUT2D eigenvalue weighted by atomic mass is 10.3. The van der Waals surface area contributed by atoms with E-state index in [-0.39, 0.29) is 10.6 Å². The van der Waals surface area contributed by atoms with Crippen LogP contribution in [0.15, 0.2) is 27.6 Å². The van der Waals surface area contributed by atoms with E-state index in [2.05, 4.69) is 15.9 Å². The molecule has 0 radical (unpaired) electrons. The molecule has 0 unspecified atom stereocenters. The molecule has 0 spiro atoms. The molecular weight excluding hydrogens is 278 g/mol. The van der Waals surface area contributed by atoms with Gasteiger partial charge < -0.3 is 5.73 Å². The quantitative estimate of drug-likeness (QED) is 0.868. The number of halogens is 1. The Bertz CT molecular complexity index is 443. The molecule has 0 amide bonds. The Morgan fingerprint density at radius 1 is 1.40 bits per heavy atom. The molecule has 0 saturated carbocycles. The Morgan fingerprint density at radius 3 is 2.67 bits per heavy atom. The number of sulfone groups is 1. The minimum absolute atomic E-state index is 0.157. The highest BCUT2D eigenvalue weighted by Gasteiger charge is 2.17. The second-order valence-electron chi connectivity index (χ2n) is 3.35. The molecule has 0 bridgehead atoms. The van der Waals surface area contributed by atoms with Crippen molar-refractivity contribution in [1.29, 1.82) is 0 Å². The van der Waals surface area contributed by atoms with Crippen molar-refractivity contribution < 1.29 is 8.42 Å². The number of benzene rings is 1. The third kappa shape index (κ3) is 3.21. The van der Waals surface area contributed by atoms with Gasteiger partial charge in [-0.1, -0.05) is 29.3 Å². The first-order valence-corrected chi connectivity index (χ1v) is 7.19. The lowest BCUT2D eigenvalue weighted by Gasteiger charge is -2.07. The van der Waals surface area contributed by atoms with Gasteiger partial charge in [0, 0.05) is 4.47 Å². The zero-order chi connectivity index (χ0) is 11.5. The van der Waals surface area contributed by atoms with Crippen molar-refractivity contribution in [2.45, 2.75) is 24.7 Å². The fourth-order valence-electron chi connectivity index (χ4n) is 1.22. The van der Waals surface area contributed by atoms with Crippen molar-refractivity contribution in [3.8, 4) is 0 Å². The van der Waals surface area contributed by atoms with Crippen LogP contribution in [-0.2, 0) is 9.84 Å². The fourth-order valence-corrected chi connectivity index (χ4v) is 3.36. The molecule has 0 aliphatic heterocycles. The largest absolute Gasteiger partial charge is 0.398 e. The van der Waals surface area contributed by atoms with E-state index in [1.807, 2.05) is 6.92 Å². The van der Waals surface area contributed by atoms with Gasteiger partial charge in [0.2, 0.25) is 0 Å². The summed E-state index contributed by atoms with van der Waals surface area (Å²) in [6.45, 7) is 1.96. The van der Waals surface area contributed by atoms with Crippen molar-refractivity contribution in [2.24, 2.45) is 0 Å². The van der Waals surface area contributed by atoms with Crippen LogP contribution in [0.25, 0.3) is 0 Å². The van der Waals surface area contributed by atoms with Crippen LogP contribution < -0.4 is 5.73 Å². The third-order valence-electron chi connectivity index (χ3n) is 2.08. The van der Waals surface area contributed by atoms with Crippen LogP contribution in [0.2, 0.25) is 0 Å². The smallest absolute Gasteiger partial charge is 0.180 e. The van der Waals surface area contributed by atoms with Crippen molar-refractivity contribution in [2.75, 3.05) is 11.5 Å². The zero-order valence-corrected chi connectivity index (χ0v) is 10.9. The molecule has 0 atom stereocenters. The van der Waals surface area contributed by atoms with Gasteiger partial charge in [0.25, 0.3) is 0 Å². The number of nitrogen functional groups attached to an aromatic ring is 1. The highest BCUT2D eigenvalue weighted by Crippen LogP contribution is 2.24. The predicted molar refractivity (Wildman–Crippen MR) is 65.5 cm³/mol. The van der Waals surface area contributed by atoms with E-state index in [1.165, 1.54) is 0 Å². The van der Waals surface area contributed by atoms with Gasteiger partial charge in [-0.3, -0.25) is 0 Å². The summed E-state index contributed by atoms with van der Waals surface area (Å²) in [4.78, 5) is 0.227. The molecule has 0 fully saturated rings. The van der Waals surface area contributed by atoms with Gasteiger partial charge in [-0.15, -0.1) is 0 Å². The molecule has 0 heterocycles. The summed E-state index contributed by atoms with van der Waals surface area (Å²) in [5.74, 6) is 0.157. The third-order valence-corrected chi connectivity index (χ3v) is 4.42. The molecule has 1 aromatic carbocycles. The van der Waals surface area contributed by atoms with E-state index >= 15 is 0 Å². The Labute approximate surface area is 98.7 Å². The van der Waals surface area contributed by atoms with E-state index in [0.29, 0.717) is 12.1 Å². The minimum Gasteiger partial charge on any atom is -0.398 e. The van der Waals surface area contributed by atoms with Crippen LogP contribution in [0.1, 0.15) is 19.8 Å². The molecule has 1 rings (SSSR count). The molecule has 0 saturated heterocycles. The number of rotatable bonds is 4. The summed E-state index contributed by atoms with van der Waals surface area (Å²) in [6, 6.07) is 4.89. The number of hydrogen-bond donors (Lipinski definition) is 1. The van der Waals surface area contributed by atoms with E-state index in [0.717, 1.165) is 10.9 Å². The Balaban J connectivity index is 3.09. The number of hydrogen-bond acceptors (Lipinski definition) is 3. The van der Waals surface area contributed by atoms with E-state index in [4.69, 9.17) is 5.73 Å². The number of nitrogens with two attached hydrogens (primary N) is 1. The first kappa shape index (κ1) is 12.5. The van der Waals surface area contributed by atoms with Crippen molar-refractivity contribution in [3.05, 3.63) is 22.7 Å². The minimum atomic E-state index is -3.23. The number of unbranched alkanes of at least 4 members (excludes halogenated alkanes) is 1. The van der Waals surface area contributed by atoms with Gasteiger partial charge in [-0.2, -0.15) is 0 Å². The van der Waals surface area contributed by atoms with Crippen LogP contribution >= 0.6 is 15.9 Å². The van der Waals surface area contributed by atoms with Crippen LogP contribution in [0.5, 0.6) is 0 Å². The molecular formula is C10H14BrNO2S. The van der Waals surface area contributed by atoms with Crippen LogP contribution in [0.4, 0.5) is 5.69 Å². The molecule has 15 heavy (non-hydrogen) atoms. The maximum atomic E-state index is 11.9. The Morgan fingerprint density at radius 2 is 2.07 bits per heavy atom. The second-order valence-corrected chi connectivity index (χ2v) is 6.35. The van der Waals surface area contributed by atoms with E-state index < -0.39 is 9.84 Å². The van der Waals surface area contributed by atoms with Crippen molar-refractivity contribution in [1.82, 2.24) is 0 Å². The summed E-state index contributed by atoms with van der Waals surface area (Å²) < 4.78 is 24.5. The first-order chi connectivity index (χ1) is 6.97. The number of anilines is 1. The van der Waals surface area contributed by atoms with Gasteiger partial charge in [0.15, 0.2) is 9.84 Å². The van der Waals surface area contributed by atoms with E-state index in [1.54, 1.807) is 18.2 Å². The zero-order valence-electron chi connectivity index (χ0n) is 8.53. The monoisotopic (exact) mass is 291 g/mol.